The largest absolute Gasteiger partial charge is 0.481 e. The van der Waals surface area contributed by atoms with Crippen molar-refractivity contribution < 1.29 is 9.90 Å². The van der Waals surface area contributed by atoms with E-state index >= 15 is 0 Å². The molecule has 0 fully saturated rings. The molecule has 0 aliphatic carbocycles. The van der Waals surface area contributed by atoms with E-state index in [0.29, 0.717) is 18.3 Å². The fraction of sp³-hybridized carbons (Fsp3) is 0.667. The molecule has 0 bridgehead atoms. The summed E-state index contributed by atoms with van der Waals surface area (Å²) < 4.78 is 0. The van der Waals surface area contributed by atoms with Crippen molar-refractivity contribution in [1.29, 1.82) is 0 Å². The van der Waals surface area contributed by atoms with E-state index in [1.807, 2.05) is 13.0 Å². The van der Waals surface area contributed by atoms with Crippen molar-refractivity contribution in [1.82, 2.24) is 9.97 Å². The molecule has 1 rings (SSSR count). The van der Waals surface area contributed by atoms with Gasteiger partial charge in [-0.05, 0) is 37.2 Å². The van der Waals surface area contributed by atoms with E-state index in [0.717, 1.165) is 18.7 Å². The maximum absolute atomic E-state index is 10.7. The van der Waals surface area contributed by atoms with E-state index in [4.69, 9.17) is 5.11 Å². The second kappa shape index (κ2) is 7.22. The van der Waals surface area contributed by atoms with Gasteiger partial charge in [0.05, 0.1) is 0 Å². The molecule has 0 spiro atoms. The average molecular weight is 279 g/mol. The third kappa shape index (κ3) is 5.99. The summed E-state index contributed by atoms with van der Waals surface area (Å²) in [5.41, 5.74) is 1.03. The molecule has 0 aromatic carbocycles. The molecule has 0 saturated heterocycles. The SMILES string of the molecule is Cc1ccnc(NCCC(CCC(=O)O)C(C)(C)C)n1. The molecular formula is C15H25N3O2. The van der Waals surface area contributed by atoms with Crippen LogP contribution in [0.15, 0.2) is 12.3 Å². The van der Waals surface area contributed by atoms with Crippen LogP contribution in [-0.2, 0) is 4.79 Å². The van der Waals surface area contributed by atoms with Crippen molar-refractivity contribution in [3.63, 3.8) is 0 Å². The number of aryl methyl sites for hydroxylation is 1. The lowest BCUT2D eigenvalue weighted by Gasteiger charge is -2.30. The normalized spacial score (nSPS) is 13.0. The maximum atomic E-state index is 10.7. The molecule has 20 heavy (non-hydrogen) atoms. The molecule has 0 radical (unpaired) electrons. The van der Waals surface area contributed by atoms with Gasteiger partial charge < -0.3 is 10.4 Å². The average Bonchev–Trinajstić information content (AvgIpc) is 2.31. The second-order valence-electron chi connectivity index (χ2n) is 6.23. The van der Waals surface area contributed by atoms with Crippen LogP contribution in [0.3, 0.4) is 0 Å². The molecule has 1 unspecified atom stereocenters. The number of nitrogens with one attached hydrogen (secondary N) is 1. The molecule has 112 valence electrons. The van der Waals surface area contributed by atoms with E-state index in [2.05, 4.69) is 36.1 Å². The van der Waals surface area contributed by atoms with Crippen molar-refractivity contribution in [2.75, 3.05) is 11.9 Å². The molecule has 5 heteroatoms. The quantitative estimate of drug-likeness (QED) is 0.802. The van der Waals surface area contributed by atoms with Crippen LogP contribution in [0, 0.1) is 18.3 Å². The van der Waals surface area contributed by atoms with Crippen LogP contribution >= 0.6 is 0 Å². The molecule has 1 heterocycles. The number of hydrogen-bond donors (Lipinski definition) is 2. The Bertz CT molecular complexity index is 441. The number of hydrogen-bond acceptors (Lipinski definition) is 4. The van der Waals surface area contributed by atoms with Gasteiger partial charge in [0.1, 0.15) is 0 Å². The molecule has 1 aromatic heterocycles. The van der Waals surface area contributed by atoms with Crippen LogP contribution in [0.1, 0.15) is 45.7 Å². The van der Waals surface area contributed by atoms with Gasteiger partial charge in [-0.3, -0.25) is 4.79 Å². The highest BCUT2D eigenvalue weighted by Gasteiger charge is 2.24. The van der Waals surface area contributed by atoms with Crippen LogP contribution in [0.5, 0.6) is 0 Å². The fourth-order valence-corrected chi connectivity index (χ4v) is 2.20. The van der Waals surface area contributed by atoms with Crippen LogP contribution < -0.4 is 5.32 Å². The number of nitrogens with zero attached hydrogens (tertiary/aromatic N) is 2. The standard InChI is InChI=1S/C15H25N3O2/c1-11-7-9-16-14(18-11)17-10-8-12(15(2,3)4)5-6-13(19)20/h7,9,12H,5-6,8,10H2,1-4H3,(H,19,20)(H,16,17,18). The van der Waals surface area contributed by atoms with Crippen molar-refractivity contribution in [2.24, 2.45) is 11.3 Å². The highest BCUT2D eigenvalue weighted by atomic mass is 16.4. The Morgan fingerprint density at radius 1 is 1.40 bits per heavy atom. The van der Waals surface area contributed by atoms with Gasteiger partial charge in [0.2, 0.25) is 5.95 Å². The monoisotopic (exact) mass is 279 g/mol. The zero-order valence-electron chi connectivity index (χ0n) is 12.8. The highest BCUT2D eigenvalue weighted by molar-refractivity contribution is 5.66. The molecule has 0 amide bonds. The second-order valence-corrected chi connectivity index (χ2v) is 6.23. The number of carbonyl (C=O) groups is 1. The van der Waals surface area contributed by atoms with Crippen molar-refractivity contribution in [3.8, 4) is 0 Å². The maximum Gasteiger partial charge on any atom is 0.303 e. The lowest BCUT2D eigenvalue weighted by molar-refractivity contribution is -0.137. The summed E-state index contributed by atoms with van der Waals surface area (Å²) >= 11 is 0. The topological polar surface area (TPSA) is 75.1 Å². The number of aliphatic carboxylic acids is 1. The molecule has 1 atom stereocenters. The predicted molar refractivity (Wildman–Crippen MR) is 79.7 cm³/mol. The number of rotatable bonds is 7. The number of anilines is 1. The fourth-order valence-electron chi connectivity index (χ4n) is 2.20. The van der Waals surface area contributed by atoms with Gasteiger partial charge in [-0.1, -0.05) is 20.8 Å². The van der Waals surface area contributed by atoms with Crippen molar-refractivity contribution in [3.05, 3.63) is 18.0 Å². The smallest absolute Gasteiger partial charge is 0.303 e. The van der Waals surface area contributed by atoms with E-state index in [-0.39, 0.29) is 11.8 Å². The Kier molecular flexibility index (Phi) is 5.92. The molecule has 0 aliphatic rings. The minimum atomic E-state index is -0.728. The molecule has 1 aromatic rings. The Hall–Kier alpha value is -1.65. The van der Waals surface area contributed by atoms with E-state index in [9.17, 15) is 4.79 Å². The van der Waals surface area contributed by atoms with Gasteiger partial charge in [0, 0.05) is 24.9 Å². The zero-order chi connectivity index (χ0) is 15.2. The van der Waals surface area contributed by atoms with E-state index in [1.165, 1.54) is 0 Å². The van der Waals surface area contributed by atoms with E-state index < -0.39 is 5.97 Å². The number of aromatic nitrogens is 2. The Morgan fingerprint density at radius 3 is 2.65 bits per heavy atom. The lowest BCUT2D eigenvalue weighted by Crippen LogP contribution is -2.24. The van der Waals surface area contributed by atoms with Crippen LogP contribution in [0.4, 0.5) is 5.95 Å². The highest BCUT2D eigenvalue weighted by Crippen LogP contribution is 2.32. The van der Waals surface area contributed by atoms with Crippen molar-refractivity contribution >= 4 is 11.9 Å². The van der Waals surface area contributed by atoms with Gasteiger partial charge in [-0.2, -0.15) is 0 Å². The van der Waals surface area contributed by atoms with Gasteiger partial charge in [0.25, 0.3) is 0 Å². The summed E-state index contributed by atoms with van der Waals surface area (Å²) in [5.74, 6) is 0.265. The van der Waals surface area contributed by atoms with Crippen molar-refractivity contribution in [2.45, 2.75) is 47.0 Å². The first kappa shape index (κ1) is 16.4. The first-order valence-corrected chi connectivity index (χ1v) is 7.04. The third-order valence-electron chi connectivity index (χ3n) is 3.50. The predicted octanol–water partition coefficient (Wildman–Crippen LogP) is 3.11. The zero-order valence-corrected chi connectivity index (χ0v) is 12.8. The first-order valence-electron chi connectivity index (χ1n) is 7.04. The summed E-state index contributed by atoms with van der Waals surface area (Å²) in [6.45, 7) is 9.15. The summed E-state index contributed by atoms with van der Waals surface area (Å²) in [4.78, 5) is 19.2. The summed E-state index contributed by atoms with van der Waals surface area (Å²) in [5, 5.41) is 12.0. The summed E-state index contributed by atoms with van der Waals surface area (Å²) in [6, 6.07) is 1.86. The number of carboxylic acids is 1. The number of carboxylic acid groups (broad SMARTS) is 1. The Balaban J connectivity index is 2.48. The first-order chi connectivity index (χ1) is 9.29. The van der Waals surface area contributed by atoms with Gasteiger partial charge in [-0.25, -0.2) is 9.97 Å². The minimum Gasteiger partial charge on any atom is -0.481 e. The lowest BCUT2D eigenvalue weighted by atomic mass is 9.76. The summed E-state index contributed by atoms with van der Waals surface area (Å²) in [7, 11) is 0. The van der Waals surface area contributed by atoms with E-state index in [1.54, 1.807) is 6.20 Å². The van der Waals surface area contributed by atoms with Gasteiger partial charge in [0.15, 0.2) is 0 Å². The third-order valence-corrected chi connectivity index (χ3v) is 3.50. The summed E-state index contributed by atoms with van der Waals surface area (Å²) in [6.07, 6.45) is 3.57. The molecule has 0 aliphatic heterocycles. The molecule has 2 N–H and O–H groups in total. The minimum absolute atomic E-state index is 0.102. The van der Waals surface area contributed by atoms with Gasteiger partial charge >= 0.3 is 5.97 Å². The van der Waals surface area contributed by atoms with Crippen LogP contribution in [-0.4, -0.2) is 27.6 Å². The van der Waals surface area contributed by atoms with Gasteiger partial charge in [-0.15, -0.1) is 0 Å². The van der Waals surface area contributed by atoms with Crippen LogP contribution in [0.2, 0.25) is 0 Å². The Labute approximate surface area is 120 Å². The van der Waals surface area contributed by atoms with Crippen LogP contribution in [0.25, 0.3) is 0 Å². The molecule has 5 nitrogen and oxygen atoms in total. The Morgan fingerprint density at radius 2 is 2.10 bits per heavy atom. The molecular weight excluding hydrogens is 254 g/mol. The molecule has 0 saturated carbocycles.